The van der Waals surface area contributed by atoms with Crippen LogP contribution < -0.4 is 4.74 Å². The van der Waals surface area contributed by atoms with Crippen molar-refractivity contribution in [2.24, 2.45) is 0 Å². The molecule has 126 valence electrons. The molecule has 0 radical (unpaired) electrons. The number of ether oxygens (including phenoxy) is 1. The van der Waals surface area contributed by atoms with E-state index in [2.05, 4.69) is 35.6 Å². The van der Waals surface area contributed by atoms with E-state index in [1.165, 1.54) is 5.56 Å². The average Bonchev–Trinajstić information content (AvgIpc) is 3.06. The summed E-state index contributed by atoms with van der Waals surface area (Å²) in [4.78, 5) is 2.30. The van der Waals surface area contributed by atoms with Gasteiger partial charge in [0.25, 0.3) is 0 Å². The minimum atomic E-state index is -0.529. The zero-order valence-electron chi connectivity index (χ0n) is 13.6. The van der Waals surface area contributed by atoms with Gasteiger partial charge in [-0.05, 0) is 60.0 Å². The third kappa shape index (κ3) is 6.15. The summed E-state index contributed by atoms with van der Waals surface area (Å²) in [5, 5.41) is 15.2. The molecule has 23 heavy (non-hydrogen) atoms. The standard InChI is InChI=1S/C18H24ClNO2S/c1-3-14(2)20(10-15-8-9-23-13-15)11-17(21)12-22-18-6-4-16(19)5-7-18/h4-9,13-14,17,21H,3,10-12H2,1-2H3/t14-,17-/m0/s1. The van der Waals surface area contributed by atoms with Gasteiger partial charge in [0.15, 0.2) is 0 Å². The van der Waals surface area contributed by atoms with Gasteiger partial charge in [-0.3, -0.25) is 4.90 Å². The molecule has 1 heterocycles. The van der Waals surface area contributed by atoms with E-state index in [-0.39, 0.29) is 6.61 Å². The van der Waals surface area contributed by atoms with Gasteiger partial charge >= 0.3 is 0 Å². The topological polar surface area (TPSA) is 32.7 Å². The highest BCUT2D eigenvalue weighted by Crippen LogP contribution is 2.17. The van der Waals surface area contributed by atoms with Crippen LogP contribution in [0.2, 0.25) is 5.02 Å². The van der Waals surface area contributed by atoms with Gasteiger partial charge in [-0.25, -0.2) is 0 Å². The third-order valence-electron chi connectivity index (χ3n) is 3.88. The van der Waals surface area contributed by atoms with E-state index in [4.69, 9.17) is 16.3 Å². The normalized spacial score (nSPS) is 14.0. The van der Waals surface area contributed by atoms with Crippen LogP contribution in [0.1, 0.15) is 25.8 Å². The van der Waals surface area contributed by atoms with Crippen LogP contribution in [0.15, 0.2) is 41.1 Å². The van der Waals surface area contributed by atoms with Crippen molar-refractivity contribution >= 4 is 22.9 Å². The first kappa shape index (κ1) is 18.3. The van der Waals surface area contributed by atoms with Crippen molar-refractivity contribution in [2.75, 3.05) is 13.2 Å². The second-order valence-corrected chi connectivity index (χ2v) is 6.95. The van der Waals surface area contributed by atoms with Crippen molar-refractivity contribution in [1.82, 2.24) is 4.90 Å². The lowest BCUT2D eigenvalue weighted by atomic mass is 10.1. The van der Waals surface area contributed by atoms with Crippen LogP contribution in [-0.4, -0.2) is 35.3 Å². The van der Waals surface area contributed by atoms with Crippen molar-refractivity contribution in [3.05, 3.63) is 51.7 Å². The molecule has 1 aromatic heterocycles. The highest BCUT2D eigenvalue weighted by Gasteiger charge is 2.17. The molecule has 3 nitrogen and oxygen atoms in total. The summed E-state index contributed by atoms with van der Waals surface area (Å²) in [6.45, 7) is 6.09. The van der Waals surface area contributed by atoms with Gasteiger partial charge in [-0.15, -0.1) is 0 Å². The Bertz CT molecular complexity index is 559. The lowest BCUT2D eigenvalue weighted by Crippen LogP contribution is -2.40. The van der Waals surface area contributed by atoms with E-state index in [9.17, 15) is 5.11 Å². The van der Waals surface area contributed by atoms with Crippen LogP contribution in [0.4, 0.5) is 0 Å². The van der Waals surface area contributed by atoms with E-state index in [1.54, 1.807) is 23.5 Å². The van der Waals surface area contributed by atoms with E-state index in [0.29, 0.717) is 17.6 Å². The van der Waals surface area contributed by atoms with Crippen molar-refractivity contribution in [2.45, 2.75) is 39.0 Å². The van der Waals surface area contributed by atoms with Gasteiger partial charge in [0, 0.05) is 24.2 Å². The summed E-state index contributed by atoms with van der Waals surface area (Å²) >= 11 is 7.55. The Hall–Kier alpha value is -1.07. The second kappa shape index (κ2) is 9.28. The van der Waals surface area contributed by atoms with E-state index < -0.39 is 6.10 Å². The van der Waals surface area contributed by atoms with Crippen molar-refractivity contribution in [1.29, 1.82) is 0 Å². The minimum Gasteiger partial charge on any atom is -0.491 e. The highest BCUT2D eigenvalue weighted by atomic mass is 35.5. The van der Waals surface area contributed by atoms with Gasteiger partial charge in [0.05, 0.1) is 0 Å². The summed E-state index contributed by atoms with van der Waals surface area (Å²) < 4.78 is 5.64. The maximum Gasteiger partial charge on any atom is 0.119 e. The number of rotatable bonds is 9. The lowest BCUT2D eigenvalue weighted by Gasteiger charge is -2.30. The molecule has 0 aliphatic rings. The number of aliphatic hydroxyl groups excluding tert-OH is 1. The molecule has 5 heteroatoms. The van der Waals surface area contributed by atoms with Gasteiger partial charge in [-0.1, -0.05) is 18.5 Å². The van der Waals surface area contributed by atoms with Crippen LogP contribution in [-0.2, 0) is 6.54 Å². The van der Waals surface area contributed by atoms with Crippen molar-refractivity contribution in [3.63, 3.8) is 0 Å². The van der Waals surface area contributed by atoms with E-state index >= 15 is 0 Å². The first-order valence-electron chi connectivity index (χ1n) is 7.90. The van der Waals surface area contributed by atoms with Gasteiger partial charge in [-0.2, -0.15) is 11.3 Å². The molecule has 2 aromatic rings. The van der Waals surface area contributed by atoms with Gasteiger partial charge in [0.2, 0.25) is 0 Å². The van der Waals surface area contributed by atoms with E-state index in [0.717, 1.165) is 18.7 Å². The summed E-state index contributed by atoms with van der Waals surface area (Å²) in [5.41, 5.74) is 1.29. The summed E-state index contributed by atoms with van der Waals surface area (Å²) in [5.74, 6) is 0.723. The zero-order valence-corrected chi connectivity index (χ0v) is 15.2. The summed E-state index contributed by atoms with van der Waals surface area (Å²) in [6, 6.07) is 9.74. The zero-order chi connectivity index (χ0) is 16.7. The minimum absolute atomic E-state index is 0.276. The number of aliphatic hydroxyl groups is 1. The number of halogens is 1. The van der Waals surface area contributed by atoms with Crippen LogP contribution in [0, 0.1) is 0 Å². The van der Waals surface area contributed by atoms with Crippen molar-refractivity contribution in [3.8, 4) is 5.75 Å². The predicted octanol–water partition coefficient (Wildman–Crippen LogP) is 4.44. The van der Waals surface area contributed by atoms with Crippen LogP contribution in [0.5, 0.6) is 5.75 Å². The molecule has 0 saturated heterocycles. The number of hydrogen-bond acceptors (Lipinski definition) is 4. The predicted molar refractivity (Wildman–Crippen MR) is 97.4 cm³/mol. The number of nitrogens with zero attached hydrogens (tertiary/aromatic N) is 1. The monoisotopic (exact) mass is 353 g/mol. The Morgan fingerprint density at radius 1 is 1.26 bits per heavy atom. The van der Waals surface area contributed by atoms with Crippen LogP contribution in [0.3, 0.4) is 0 Å². The number of hydrogen-bond donors (Lipinski definition) is 1. The summed E-state index contributed by atoms with van der Waals surface area (Å²) in [7, 11) is 0. The Morgan fingerprint density at radius 3 is 2.61 bits per heavy atom. The quantitative estimate of drug-likeness (QED) is 0.723. The molecule has 0 saturated carbocycles. The molecular weight excluding hydrogens is 330 g/mol. The number of thiophene rings is 1. The van der Waals surface area contributed by atoms with Gasteiger partial charge in [0.1, 0.15) is 18.5 Å². The fraction of sp³-hybridized carbons (Fsp3) is 0.444. The molecule has 2 atom stereocenters. The molecule has 0 fully saturated rings. The molecule has 0 bridgehead atoms. The van der Waals surface area contributed by atoms with Crippen molar-refractivity contribution < 1.29 is 9.84 Å². The Labute approximate surface area is 147 Å². The largest absolute Gasteiger partial charge is 0.491 e. The molecule has 0 unspecified atom stereocenters. The molecule has 0 aliphatic heterocycles. The maximum absolute atomic E-state index is 10.3. The Balaban J connectivity index is 1.86. The highest BCUT2D eigenvalue weighted by molar-refractivity contribution is 7.07. The molecular formula is C18H24ClNO2S. The average molecular weight is 354 g/mol. The molecule has 1 N–H and O–H groups in total. The first-order valence-corrected chi connectivity index (χ1v) is 9.22. The van der Waals surface area contributed by atoms with E-state index in [1.807, 2.05) is 12.1 Å². The summed E-state index contributed by atoms with van der Waals surface area (Å²) in [6.07, 6.45) is 0.521. The molecule has 1 aromatic carbocycles. The second-order valence-electron chi connectivity index (χ2n) is 5.74. The maximum atomic E-state index is 10.3. The molecule has 0 spiro atoms. The molecule has 2 rings (SSSR count). The Morgan fingerprint density at radius 2 is 2.00 bits per heavy atom. The first-order chi connectivity index (χ1) is 11.1. The third-order valence-corrected chi connectivity index (χ3v) is 4.87. The van der Waals surface area contributed by atoms with Gasteiger partial charge < -0.3 is 9.84 Å². The SMILES string of the molecule is CC[C@H](C)N(Cc1ccsc1)C[C@H](O)COc1ccc(Cl)cc1. The molecule has 0 amide bonds. The van der Waals surface area contributed by atoms with Crippen LogP contribution >= 0.6 is 22.9 Å². The lowest BCUT2D eigenvalue weighted by molar-refractivity contribution is 0.0507. The smallest absolute Gasteiger partial charge is 0.119 e. The molecule has 0 aliphatic carbocycles. The Kier molecular flexibility index (Phi) is 7.37. The fourth-order valence-corrected chi connectivity index (χ4v) is 3.11. The fourth-order valence-electron chi connectivity index (χ4n) is 2.32. The van der Waals surface area contributed by atoms with Crippen LogP contribution in [0.25, 0.3) is 0 Å². The number of benzene rings is 1.